The Bertz CT molecular complexity index is 99.6. The van der Waals surface area contributed by atoms with E-state index >= 15 is 0 Å². The number of hydrogen-bond donors (Lipinski definition) is 2. The number of nitrogens with two attached hydrogens (primary N) is 1. The molecular formula is C5H11F3N2. The van der Waals surface area contributed by atoms with Crippen molar-refractivity contribution in [2.75, 3.05) is 0 Å². The van der Waals surface area contributed by atoms with Crippen LogP contribution in [-0.4, -0.2) is 12.2 Å². The Labute approximate surface area is 57.6 Å². The number of hydrogen-bond acceptors (Lipinski definition) is 2. The first kappa shape index (κ1) is 9.71. The van der Waals surface area contributed by atoms with Gasteiger partial charge in [-0.05, 0) is 5.92 Å². The fraction of sp³-hybridized carbons (Fsp3) is 1.00. The average Bonchev–Trinajstić information content (AvgIpc) is 1.60. The van der Waals surface area contributed by atoms with Gasteiger partial charge in [0, 0.05) is 0 Å². The van der Waals surface area contributed by atoms with E-state index in [1.807, 2.05) is 0 Å². The van der Waals surface area contributed by atoms with E-state index in [4.69, 9.17) is 0 Å². The summed E-state index contributed by atoms with van der Waals surface area (Å²) in [5, 5.41) is 0. The minimum atomic E-state index is -4.25. The zero-order valence-electron chi connectivity index (χ0n) is 5.87. The van der Waals surface area contributed by atoms with Gasteiger partial charge < -0.3 is 0 Å². The normalized spacial score (nSPS) is 15.9. The van der Waals surface area contributed by atoms with Crippen LogP contribution < -0.4 is 11.3 Å². The Kier molecular flexibility index (Phi) is 3.11. The van der Waals surface area contributed by atoms with E-state index in [-0.39, 0.29) is 0 Å². The molecule has 0 aliphatic carbocycles. The van der Waals surface area contributed by atoms with Gasteiger partial charge in [0.05, 0.1) is 0 Å². The number of rotatable bonds is 2. The monoisotopic (exact) mass is 156 g/mol. The standard InChI is InChI=1S/C5H11F3N2/c1-3(2)4(10-9)5(6,7)8/h3-4,10H,9H2,1-2H3. The van der Waals surface area contributed by atoms with Crippen molar-refractivity contribution in [3.8, 4) is 0 Å². The van der Waals surface area contributed by atoms with E-state index in [0.717, 1.165) is 0 Å². The van der Waals surface area contributed by atoms with Gasteiger partial charge in [0.1, 0.15) is 6.04 Å². The molecule has 0 radical (unpaired) electrons. The molecule has 2 nitrogen and oxygen atoms in total. The highest BCUT2D eigenvalue weighted by molar-refractivity contribution is 4.75. The Balaban J connectivity index is 4.07. The van der Waals surface area contributed by atoms with Gasteiger partial charge in [-0.1, -0.05) is 13.8 Å². The molecule has 0 amide bonds. The highest BCUT2D eigenvalue weighted by Crippen LogP contribution is 2.24. The van der Waals surface area contributed by atoms with Crippen molar-refractivity contribution < 1.29 is 13.2 Å². The summed E-state index contributed by atoms with van der Waals surface area (Å²) >= 11 is 0. The molecule has 0 heterocycles. The van der Waals surface area contributed by atoms with Crippen LogP contribution in [0, 0.1) is 5.92 Å². The van der Waals surface area contributed by atoms with Gasteiger partial charge in [0.15, 0.2) is 0 Å². The summed E-state index contributed by atoms with van der Waals surface area (Å²) in [6.45, 7) is 2.91. The molecule has 10 heavy (non-hydrogen) atoms. The van der Waals surface area contributed by atoms with Crippen LogP contribution in [0.3, 0.4) is 0 Å². The largest absolute Gasteiger partial charge is 0.405 e. The van der Waals surface area contributed by atoms with Crippen LogP contribution in [0.1, 0.15) is 13.8 Å². The first-order valence-electron chi connectivity index (χ1n) is 2.92. The molecule has 0 aromatic rings. The van der Waals surface area contributed by atoms with E-state index < -0.39 is 18.1 Å². The third-order valence-electron chi connectivity index (χ3n) is 1.20. The fourth-order valence-corrected chi connectivity index (χ4v) is 0.665. The minimum Gasteiger partial charge on any atom is -0.271 e. The smallest absolute Gasteiger partial charge is 0.271 e. The molecular weight excluding hydrogens is 145 g/mol. The molecule has 0 aromatic heterocycles. The molecule has 1 atom stereocenters. The molecule has 0 saturated carbocycles. The molecule has 0 rings (SSSR count). The third-order valence-corrected chi connectivity index (χ3v) is 1.20. The van der Waals surface area contributed by atoms with Crippen molar-refractivity contribution in [1.29, 1.82) is 0 Å². The predicted octanol–water partition coefficient (Wildman–Crippen LogP) is 1.04. The van der Waals surface area contributed by atoms with E-state index in [9.17, 15) is 13.2 Å². The van der Waals surface area contributed by atoms with Crippen molar-refractivity contribution in [2.45, 2.75) is 26.1 Å². The number of alkyl halides is 3. The van der Waals surface area contributed by atoms with Crippen LogP contribution in [-0.2, 0) is 0 Å². The topological polar surface area (TPSA) is 38.0 Å². The van der Waals surface area contributed by atoms with E-state index in [1.54, 1.807) is 5.43 Å². The number of halogens is 3. The summed E-state index contributed by atoms with van der Waals surface area (Å²) in [5.74, 6) is 4.15. The Hall–Kier alpha value is -0.290. The lowest BCUT2D eigenvalue weighted by molar-refractivity contribution is -0.165. The minimum absolute atomic E-state index is 0.537. The van der Waals surface area contributed by atoms with Crippen molar-refractivity contribution in [1.82, 2.24) is 5.43 Å². The summed E-state index contributed by atoms with van der Waals surface area (Å²) in [6.07, 6.45) is -4.25. The second-order valence-electron chi connectivity index (χ2n) is 2.43. The molecule has 0 aromatic carbocycles. The van der Waals surface area contributed by atoms with Crippen molar-refractivity contribution >= 4 is 0 Å². The van der Waals surface area contributed by atoms with Crippen LogP contribution in [0.15, 0.2) is 0 Å². The molecule has 0 saturated heterocycles. The van der Waals surface area contributed by atoms with Gasteiger partial charge in [-0.3, -0.25) is 5.84 Å². The zero-order chi connectivity index (χ0) is 8.36. The predicted molar refractivity (Wildman–Crippen MR) is 32.0 cm³/mol. The lowest BCUT2D eigenvalue weighted by Crippen LogP contribution is -2.49. The first-order chi connectivity index (χ1) is 4.39. The summed E-state index contributed by atoms with van der Waals surface area (Å²) in [4.78, 5) is 0. The highest BCUT2D eigenvalue weighted by Gasteiger charge is 2.40. The molecule has 1 unspecified atom stereocenters. The van der Waals surface area contributed by atoms with Gasteiger partial charge in [-0.2, -0.15) is 13.2 Å². The Morgan fingerprint density at radius 1 is 1.30 bits per heavy atom. The molecule has 62 valence electrons. The van der Waals surface area contributed by atoms with Crippen LogP contribution in [0.5, 0.6) is 0 Å². The van der Waals surface area contributed by atoms with Crippen LogP contribution in [0.2, 0.25) is 0 Å². The molecule has 5 heteroatoms. The van der Waals surface area contributed by atoms with Gasteiger partial charge in [0.25, 0.3) is 0 Å². The van der Waals surface area contributed by atoms with Gasteiger partial charge >= 0.3 is 6.18 Å². The van der Waals surface area contributed by atoms with Crippen molar-refractivity contribution in [3.63, 3.8) is 0 Å². The fourth-order valence-electron chi connectivity index (χ4n) is 0.665. The van der Waals surface area contributed by atoms with Crippen molar-refractivity contribution in [3.05, 3.63) is 0 Å². The highest BCUT2D eigenvalue weighted by atomic mass is 19.4. The first-order valence-corrected chi connectivity index (χ1v) is 2.92. The molecule has 0 fully saturated rings. The van der Waals surface area contributed by atoms with Crippen LogP contribution in [0.25, 0.3) is 0 Å². The third kappa shape index (κ3) is 2.53. The van der Waals surface area contributed by atoms with E-state index in [2.05, 4.69) is 5.84 Å². The molecule has 0 spiro atoms. The van der Waals surface area contributed by atoms with Gasteiger partial charge in [-0.25, -0.2) is 5.43 Å². The maximum absolute atomic E-state index is 11.8. The second kappa shape index (κ2) is 3.21. The zero-order valence-corrected chi connectivity index (χ0v) is 5.87. The van der Waals surface area contributed by atoms with Crippen LogP contribution >= 0.6 is 0 Å². The van der Waals surface area contributed by atoms with Gasteiger partial charge in [0.2, 0.25) is 0 Å². The summed E-state index contributed by atoms with van der Waals surface area (Å²) in [6, 6.07) is -1.60. The SMILES string of the molecule is CC(C)C(NN)C(F)(F)F. The van der Waals surface area contributed by atoms with Gasteiger partial charge in [-0.15, -0.1) is 0 Å². The lowest BCUT2D eigenvalue weighted by atomic mass is 10.1. The average molecular weight is 156 g/mol. The number of nitrogens with one attached hydrogen (secondary N) is 1. The maximum atomic E-state index is 11.8. The second-order valence-corrected chi connectivity index (χ2v) is 2.43. The summed E-state index contributed by atoms with van der Waals surface area (Å²) in [7, 11) is 0. The van der Waals surface area contributed by atoms with Crippen molar-refractivity contribution in [2.24, 2.45) is 11.8 Å². The molecule has 0 bridgehead atoms. The Morgan fingerprint density at radius 3 is 1.70 bits per heavy atom. The lowest BCUT2D eigenvalue weighted by Gasteiger charge is -2.22. The maximum Gasteiger partial charge on any atom is 0.405 e. The summed E-state index contributed by atoms with van der Waals surface area (Å²) in [5.41, 5.74) is 1.72. The van der Waals surface area contributed by atoms with Crippen LogP contribution in [0.4, 0.5) is 13.2 Å². The Morgan fingerprint density at radius 2 is 1.70 bits per heavy atom. The molecule has 0 aliphatic rings. The summed E-state index contributed by atoms with van der Waals surface area (Å²) < 4.78 is 35.5. The van der Waals surface area contributed by atoms with E-state index in [0.29, 0.717) is 0 Å². The number of hydrazine groups is 1. The molecule has 3 N–H and O–H groups in total. The quantitative estimate of drug-likeness (QED) is 0.463. The molecule has 0 aliphatic heterocycles. The van der Waals surface area contributed by atoms with E-state index in [1.165, 1.54) is 13.8 Å².